The first-order valence-corrected chi connectivity index (χ1v) is 14.2. The molecule has 0 aromatic heterocycles. The van der Waals surface area contributed by atoms with Crippen LogP contribution in [0.2, 0.25) is 12.6 Å². The van der Waals surface area contributed by atoms with Gasteiger partial charge in [0.1, 0.15) is 0 Å². The van der Waals surface area contributed by atoms with E-state index in [0.29, 0.717) is 0 Å². The van der Waals surface area contributed by atoms with Crippen LogP contribution >= 0.6 is 44.3 Å². The van der Waals surface area contributed by atoms with Gasteiger partial charge in [0.05, 0.1) is 0 Å². The SMILES string of the molecule is C=CC[Si](C)(OCC)OCC.C=C[CH2-].Cl[Si](Cl)(Cl)Cl.[Br-].[Mg+2]. The van der Waals surface area contributed by atoms with E-state index in [1.54, 1.807) is 0 Å². The van der Waals surface area contributed by atoms with Crippen molar-refractivity contribution in [3.63, 3.8) is 0 Å². The Hall–Kier alpha value is 2.11. The molecule has 0 amide bonds. The van der Waals surface area contributed by atoms with Crippen molar-refractivity contribution in [3.8, 4) is 0 Å². The molecule has 0 spiro atoms. The van der Waals surface area contributed by atoms with Crippen LogP contribution in [0.5, 0.6) is 0 Å². The Bertz CT molecular complexity index is 223. The zero-order valence-electron chi connectivity index (χ0n) is 12.8. The van der Waals surface area contributed by atoms with Crippen LogP contribution in [0.1, 0.15) is 13.8 Å². The second kappa shape index (κ2) is 22.1. The Morgan fingerprint density at radius 2 is 1.29 bits per heavy atom. The summed E-state index contributed by atoms with van der Waals surface area (Å²) in [5.74, 6) is 0. The van der Waals surface area contributed by atoms with Gasteiger partial charge >= 0.3 is 36.9 Å². The summed E-state index contributed by atoms with van der Waals surface area (Å²) in [5.41, 5.74) is 0. The van der Waals surface area contributed by atoms with E-state index in [1.807, 2.05) is 19.9 Å². The van der Waals surface area contributed by atoms with E-state index in [9.17, 15) is 0 Å². The van der Waals surface area contributed by atoms with Crippen molar-refractivity contribution in [2.45, 2.75) is 26.4 Å². The minimum atomic E-state index is -2.72. The van der Waals surface area contributed by atoms with Crippen LogP contribution in [0.4, 0.5) is 0 Å². The number of hydrogen-bond acceptors (Lipinski definition) is 2. The Labute approximate surface area is 177 Å². The van der Waals surface area contributed by atoms with Crippen molar-refractivity contribution in [2.24, 2.45) is 0 Å². The van der Waals surface area contributed by atoms with Crippen LogP contribution in [-0.4, -0.2) is 50.1 Å². The number of allylic oxidation sites excluding steroid dienone is 2. The zero-order chi connectivity index (χ0) is 15.9. The average Bonchev–Trinajstić information content (AvgIpc) is 2.16. The molecule has 0 bridgehead atoms. The fourth-order valence-corrected chi connectivity index (χ4v) is 3.10. The van der Waals surface area contributed by atoms with Crippen molar-refractivity contribution >= 4 is 81.2 Å². The summed E-state index contributed by atoms with van der Waals surface area (Å²) in [6.45, 7) is 17.7. The van der Waals surface area contributed by atoms with E-state index in [1.165, 1.54) is 6.08 Å². The summed E-state index contributed by atoms with van der Waals surface area (Å²) < 4.78 is 11.1. The summed E-state index contributed by atoms with van der Waals surface area (Å²) in [7, 11) is -1.87. The Morgan fingerprint density at radius 1 is 1.05 bits per heavy atom. The molecule has 0 saturated heterocycles. The van der Waals surface area contributed by atoms with E-state index in [2.05, 4.69) is 26.6 Å². The summed E-state index contributed by atoms with van der Waals surface area (Å²) >= 11 is 19.9. The van der Waals surface area contributed by atoms with Gasteiger partial charge in [-0.05, 0) is 20.4 Å². The maximum Gasteiger partial charge on any atom is 2.00 e. The van der Waals surface area contributed by atoms with Crippen LogP contribution in [0.15, 0.2) is 25.3 Å². The Morgan fingerprint density at radius 3 is 1.43 bits per heavy atom. The molecule has 0 aliphatic heterocycles. The molecule has 124 valence electrons. The van der Waals surface area contributed by atoms with Gasteiger partial charge in [0.2, 0.25) is 0 Å². The third-order valence-electron chi connectivity index (χ3n) is 1.41. The van der Waals surface area contributed by atoms with Gasteiger partial charge in [0, 0.05) is 19.3 Å². The van der Waals surface area contributed by atoms with Gasteiger partial charge in [-0.2, -0.15) is 0 Å². The first-order chi connectivity index (χ1) is 8.60. The minimum Gasteiger partial charge on any atom is -1.00 e. The molecule has 0 aromatic carbocycles. The van der Waals surface area contributed by atoms with Crippen molar-refractivity contribution < 1.29 is 25.8 Å². The van der Waals surface area contributed by atoms with Crippen LogP contribution in [-0.2, 0) is 8.85 Å². The zero-order valence-corrected chi connectivity index (χ0v) is 20.8. The second-order valence-electron chi connectivity index (χ2n) is 3.21. The molecular weight excluding hydrogens is 466 g/mol. The van der Waals surface area contributed by atoms with Gasteiger partial charge in [-0.3, -0.25) is 0 Å². The molecule has 0 aliphatic rings. The third-order valence-corrected chi connectivity index (χ3v) is 4.24. The van der Waals surface area contributed by atoms with Crippen LogP contribution in [0, 0.1) is 6.92 Å². The van der Waals surface area contributed by atoms with Gasteiger partial charge in [-0.15, -0.1) is 50.9 Å². The smallest absolute Gasteiger partial charge is 1.00 e. The van der Waals surface area contributed by atoms with Crippen molar-refractivity contribution in [2.75, 3.05) is 13.2 Å². The molecular formula is C11H23BrCl4MgO2Si2. The van der Waals surface area contributed by atoms with Crippen molar-refractivity contribution in [3.05, 3.63) is 32.2 Å². The molecule has 0 unspecified atom stereocenters. The Kier molecular flexibility index (Phi) is 36.3. The molecule has 0 rings (SSSR count). The molecule has 0 atom stereocenters. The van der Waals surface area contributed by atoms with E-state index in [-0.39, 0.29) is 40.0 Å². The molecule has 10 heteroatoms. The molecule has 0 aliphatic carbocycles. The van der Waals surface area contributed by atoms with E-state index in [0.717, 1.165) is 19.3 Å². The molecule has 0 N–H and O–H groups in total. The first kappa shape index (κ1) is 34.4. The Balaban J connectivity index is -0.0000000726. The van der Waals surface area contributed by atoms with E-state index >= 15 is 0 Å². The van der Waals surface area contributed by atoms with Crippen molar-refractivity contribution in [1.82, 2.24) is 0 Å². The van der Waals surface area contributed by atoms with Gasteiger partial charge < -0.3 is 25.8 Å². The second-order valence-corrected chi connectivity index (χ2v) is 17.6. The molecule has 0 fully saturated rings. The van der Waals surface area contributed by atoms with Crippen LogP contribution < -0.4 is 17.0 Å². The van der Waals surface area contributed by atoms with E-state index in [4.69, 9.17) is 53.2 Å². The minimum absolute atomic E-state index is 0. The summed E-state index contributed by atoms with van der Waals surface area (Å²) in [4.78, 5) is 0. The van der Waals surface area contributed by atoms with Gasteiger partial charge in [0.25, 0.3) is 0 Å². The largest absolute Gasteiger partial charge is 2.00 e. The summed E-state index contributed by atoms with van der Waals surface area (Å²) in [6, 6.07) is 0.870. The molecule has 0 radical (unpaired) electrons. The van der Waals surface area contributed by atoms with E-state index < -0.39 is 13.9 Å². The maximum atomic E-state index is 5.56. The van der Waals surface area contributed by atoms with Gasteiger partial charge in [-0.25, -0.2) is 19.6 Å². The summed E-state index contributed by atoms with van der Waals surface area (Å²) in [5, 5.41) is -2.72. The topological polar surface area (TPSA) is 18.5 Å². The maximum absolute atomic E-state index is 5.56. The average molecular weight is 489 g/mol. The number of rotatable bonds is 6. The molecule has 2 nitrogen and oxygen atoms in total. The van der Waals surface area contributed by atoms with Gasteiger partial charge in [0.15, 0.2) is 0 Å². The van der Waals surface area contributed by atoms with Crippen LogP contribution in [0.25, 0.3) is 0 Å². The first-order valence-electron chi connectivity index (χ1n) is 5.64. The van der Waals surface area contributed by atoms with Crippen molar-refractivity contribution in [1.29, 1.82) is 0 Å². The number of halogens is 5. The molecule has 0 aromatic rings. The molecule has 21 heavy (non-hydrogen) atoms. The predicted octanol–water partition coefficient (Wildman–Crippen LogP) is 2.32. The fourth-order valence-electron chi connectivity index (χ4n) is 1.03. The molecule has 0 heterocycles. The predicted molar refractivity (Wildman–Crippen MR) is 100 cm³/mol. The van der Waals surface area contributed by atoms with Gasteiger partial charge in [-0.1, -0.05) is 6.08 Å². The standard InChI is InChI=1S/C8H18O2Si.C3H5.BrH.Cl4Si.Mg/c1-5-8-11(4,9-6-2)10-7-3;1-3-2;;1-5(2,3)4;/h5H,1,6-8H2,2-4H3;3H,1-2H2;1H;;/q;-1;;;+2/p-1. The third kappa shape index (κ3) is 44.9. The normalized spacial score (nSPS) is 9.48. The fraction of sp³-hybridized carbons (Fsp3) is 0.545. The monoisotopic (exact) mass is 486 g/mol. The number of hydrogen-bond donors (Lipinski definition) is 0. The molecule has 0 saturated carbocycles. The summed E-state index contributed by atoms with van der Waals surface area (Å²) in [6.07, 6.45) is 3.37. The van der Waals surface area contributed by atoms with Crippen LogP contribution in [0.3, 0.4) is 0 Å². The quantitative estimate of drug-likeness (QED) is 0.247.